The lowest BCUT2D eigenvalue weighted by atomic mass is 10.1. The number of rotatable bonds is 1. The first-order chi connectivity index (χ1) is 4.90. The van der Waals surface area contributed by atoms with Crippen LogP contribution in [-0.4, -0.2) is 14.8 Å². The van der Waals surface area contributed by atoms with E-state index >= 15 is 0 Å². The zero-order chi connectivity index (χ0) is 6.97. The molecule has 54 valence electrons. The van der Waals surface area contributed by atoms with Crippen molar-refractivity contribution in [3.63, 3.8) is 0 Å². The molecule has 0 bridgehead atoms. The first-order valence-electron chi connectivity index (χ1n) is 3.77. The van der Waals surface area contributed by atoms with E-state index in [1.54, 1.807) is 0 Å². The van der Waals surface area contributed by atoms with Gasteiger partial charge >= 0.3 is 0 Å². The molecule has 0 aliphatic carbocycles. The van der Waals surface area contributed by atoms with Gasteiger partial charge in [0.25, 0.3) is 0 Å². The summed E-state index contributed by atoms with van der Waals surface area (Å²) in [7, 11) is 0. The second-order valence-corrected chi connectivity index (χ2v) is 2.88. The van der Waals surface area contributed by atoms with Gasteiger partial charge in [0.15, 0.2) is 0 Å². The van der Waals surface area contributed by atoms with E-state index in [4.69, 9.17) is 0 Å². The Hall–Kier alpha value is -0.860. The maximum absolute atomic E-state index is 4.01. The Labute approximate surface area is 60.1 Å². The van der Waals surface area contributed by atoms with E-state index in [1.165, 1.54) is 6.42 Å². The van der Waals surface area contributed by atoms with Crippen molar-refractivity contribution in [1.82, 2.24) is 14.8 Å². The average Bonchev–Trinajstić information content (AvgIpc) is 2.42. The fourth-order valence-electron chi connectivity index (χ4n) is 1.46. The molecule has 2 heterocycles. The van der Waals surface area contributed by atoms with Gasteiger partial charge < -0.3 is 4.57 Å². The van der Waals surface area contributed by atoms with E-state index < -0.39 is 0 Å². The van der Waals surface area contributed by atoms with Crippen molar-refractivity contribution in [2.24, 2.45) is 5.92 Å². The van der Waals surface area contributed by atoms with Crippen molar-refractivity contribution in [3.05, 3.63) is 12.2 Å². The maximum Gasteiger partial charge on any atom is 0.133 e. The van der Waals surface area contributed by atoms with Crippen molar-refractivity contribution in [3.8, 4) is 0 Å². The lowest BCUT2D eigenvalue weighted by molar-refractivity contribution is 0.493. The van der Waals surface area contributed by atoms with Gasteiger partial charge in [0.05, 0.1) is 0 Å². The molecule has 0 amide bonds. The van der Waals surface area contributed by atoms with Gasteiger partial charge in [-0.25, -0.2) is 0 Å². The topological polar surface area (TPSA) is 30.7 Å². The Morgan fingerprint density at radius 2 is 2.70 bits per heavy atom. The van der Waals surface area contributed by atoms with Crippen molar-refractivity contribution in [2.75, 3.05) is 0 Å². The van der Waals surface area contributed by atoms with E-state index in [0.717, 1.165) is 24.7 Å². The van der Waals surface area contributed by atoms with Crippen LogP contribution in [-0.2, 0) is 13.0 Å². The van der Waals surface area contributed by atoms with Crippen molar-refractivity contribution in [2.45, 2.75) is 26.3 Å². The summed E-state index contributed by atoms with van der Waals surface area (Å²) < 4.78 is 2.15. The summed E-state index contributed by atoms with van der Waals surface area (Å²) in [5, 5.41) is 7.83. The normalized spacial score (nSPS) is 23.1. The minimum atomic E-state index is 0.811. The summed E-state index contributed by atoms with van der Waals surface area (Å²) in [6, 6.07) is 0. The van der Waals surface area contributed by atoms with Gasteiger partial charge in [-0.05, 0) is 5.92 Å². The fourth-order valence-corrected chi connectivity index (χ4v) is 1.46. The first-order valence-corrected chi connectivity index (χ1v) is 3.77. The van der Waals surface area contributed by atoms with E-state index in [9.17, 15) is 0 Å². The van der Waals surface area contributed by atoms with Crippen LogP contribution in [0, 0.1) is 5.92 Å². The third-order valence-corrected chi connectivity index (χ3v) is 2.20. The summed E-state index contributed by atoms with van der Waals surface area (Å²) in [4.78, 5) is 0. The molecule has 1 aliphatic heterocycles. The standard InChI is InChI=1S/C7H11N3/c1-2-6-3-7-9-8-5-10(7)4-6/h5-6H,2-4H2,1H3. The SMILES string of the molecule is CCC1Cc2nncn2C1. The molecular formula is C7H11N3. The zero-order valence-electron chi connectivity index (χ0n) is 6.12. The Morgan fingerprint density at radius 3 is 3.40 bits per heavy atom. The van der Waals surface area contributed by atoms with Gasteiger partial charge in [-0.15, -0.1) is 10.2 Å². The minimum absolute atomic E-state index is 0.811. The summed E-state index contributed by atoms with van der Waals surface area (Å²) in [6.07, 6.45) is 4.20. The summed E-state index contributed by atoms with van der Waals surface area (Å²) in [5.74, 6) is 1.97. The number of aromatic nitrogens is 3. The van der Waals surface area contributed by atoms with E-state index in [-0.39, 0.29) is 0 Å². The van der Waals surface area contributed by atoms with Gasteiger partial charge in [0.1, 0.15) is 12.2 Å². The number of hydrogen-bond donors (Lipinski definition) is 0. The van der Waals surface area contributed by atoms with Crippen LogP contribution < -0.4 is 0 Å². The zero-order valence-corrected chi connectivity index (χ0v) is 6.12. The van der Waals surface area contributed by atoms with Crippen LogP contribution >= 0.6 is 0 Å². The third kappa shape index (κ3) is 0.735. The highest BCUT2D eigenvalue weighted by Crippen LogP contribution is 2.19. The largest absolute Gasteiger partial charge is 0.317 e. The molecule has 3 nitrogen and oxygen atoms in total. The highest BCUT2D eigenvalue weighted by atomic mass is 15.3. The van der Waals surface area contributed by atoms with Gasteiger partial charge in [-0.3, -0.25) is 0 Å². The Balaban J connectivity index is 2.21. The van der Waals surface area contributed by atoms with Crippen molar-refractivity contribution < 1.29 is 0 Å². The molecule has 1 unspecified atom stereocenters. The van der Waals surface area contributed by atoms with Gasteiger partial charge in [0.2, 0.25) is 0 Å². The van der Waals surface area contributed by atoms with Crippen molar-refractivity contribution in [1.29, 1.82) is 0 Å². The molecule has 0 spiro atoms. The molecule has 0 saturated carbocycles. The second-order valence-electron chi connectivity index (χ2n) is 2.88. The van der Waals surface area contributed by atoms with Crippen LogP contribution in [0.3, 0.4) is 0 Å². The predicted molar refractivity (Wildman–Crippen MR) is 37.5 cm³/mol. The quantitative estimate of drug-likeness (QED) is 0.574. The molecule has 1 aromatic heterocycles. The molecule has 1 atom stereocenters. The average molecular weight is 137 g/mol. The minimum Gasteiger partial charge on any atom is -0.317 e. The second kappa shape index (κ2) is 2.08. The van der Waals surface area contributed by atoms with E-state index in [2.05, 4.69) is 21.7 Å². The fraction of sp³-hybridized carbons (Fsp3) is 0.714. The highest BCUT2D eigenvalue weighted by molar-refractivity contribution is 4.94. The molecule has 0 aromatic carbocycles. The smallest absolute Gasteiger partial charge is 0.133 e. The van der Waals surface area contributed by atoms with Gasteiger partial charge in [0, 0.05) is 13.0 Å². The van der Waals surface area contributed by atoms with Gasteiger partial charge in [-0.1, -0.05) is 13.3 Å². The number of hydrogen-bond acceptors (Lipinski definition) is 2. The lowest BCUT2D eigenvalue weighted by Crippen LogP contribution is -1.99. The Morgan fingerprint density at radius 1 is 1.80 bits per heavy atom. The summed E-state index contributed by atoms with van der Waals surface area (Å²) in [6.45, 7) is 3.35. The van der Waals surface area contributed by atoms with Gasteiger partial charge in [-0.2, -0.15) is 0 Å². The molecule has 0 saturated heterocycles. The molecule has 1 aliphatic rings. The first kappa shape index (κ1) is 5.89. The van der Waals surface area contributed by atoms with E-state index in [1.807, 2.05) is 6.33 Å². The molecule has 10 heavy (non-hydrogen) atoms. The Kier molecular flexibility index (Phi) is 1.22. The molecule has 0 radical (unpaired) electrons. The summed E-state index contributed by atoms with van der Waals surface area (Å²) >= 11 is 0. The van der Waals surface area contributed by atoms with E-state index in [0.29, 0.717) is 0 Å². The van der Waals surface area contributed by atoms with Crippen molar-refractivity contribution >= 4 is 0 Å². The molecular weight excluding hydrogens is 126 g/mol. The molecule has 3 heteroatoms. The molecule has 2 rings (SSSR count). The highest BCUT2D eigenvalue weighted by Gasteiger charge is 2.20. The molecule has 0 fully saturated rings. The monoisotopic (exact) mass is 137 g/mol. The van der Waals surface area contributed by atoms with Crippen LogP contribution in [0.15, 0.2) is 6.33 Å². The van der Waals surface area contributed by atoms with Crippen LogP contribution in [0.4, 0.5) is 0 Å². The lowest BCUT2D eigenvalue weighted by Gasteiger charge is -2.00. The number of fused-ring (bicyclic) bond motifs is 1. The summed E-state index contributed by atoms with van der Waals surface area (Å²) in [5.41, 5.74) is 0. The molecule has 0 N–H and O–H groups in total. The number of nitrogens with zero attached hydrogens (tertiary/aromatic N) is 3. The van der Waals surface area contributed by atoms with Crippen LogP contribution in [0.1, 0.15) is 19.2 Å². The third-order valence-electron chi connectivity index (χ3n) is 2.20. The maximum atomic E-state index is 4.01. The van der Waals surface area contributed by atoms with Crippen LogP contribution in [0.25, 0.3) is 0 Å². The Bertz CT molecular complexity index is 208. The molecule has 1 aromatic rings. The predicted octanol–water partition coefficient (Wildman–Crippen LogP) is 0.860. The van der Waals surface area contributed by atoms with Crippen LogP contribution in [0.5, 0.6) is 0 Å². The van der Waals surface area contributed by atoms with Crippen LogP contribution in [0.2, 0.25) is 0 Å².